The molecule has 2 N–H and O–H groups in total. The molecule has 3 rings (SSSR count). The lowest BCUT2D eigenvalue weighted by atomic mass is 9.90. The van der Waals surface area contributed by atoms with Crippen LogP contribution in [-0.4, -0.2) is 22.2 Å². The Bertz CT molecular complexity index is 973. The molecule has 0 spiro atoms. The standard InChI is InChI=1S/C21H18O4/c1-13-5-4-7-15(18(13)12-19(22)23)11-16-10-9-14-6-2-3-8-17(14)20(16)21(24)25/h2-10H,11-12H2,1H3,(H,22,23)(H,24,25). The van der Waals surface area contributed by atoms with Crippen LogP contribution >= 0.6 is 0 Å². The van der Waals surface area contributed by atoms with Gasteiger partial charge in [-0.3, -0.25) is 4.79 Å². The molecular formula is C21H18O4. The molecule has 0 radical (unpaired) electrons. The third-order valence-electron chi connectivity index (χ3n) is 4.45. The summed E-state index contributed by atoms with van der Waals surface area (Å²) in [5, 5.41) is 20.5. The van der Waals surface area contributed by atoms with Crippen LogP contribution < -0.4 is 0 Å². The van der Waals surface area contributed by atoms with Crippen LogP contribution in [0.25, 0.3) is 10.8 Å². The van der Waals surface area contributed by atoms with Crippen LogP contribution in [0.3, 0.4) is 0 Å². The normalized spacial score (nSPS) is 10.8. The lowest BCUT2D eigenvalue weighted by Gasteiger charge is -2.14. The summed E-state index contributed by atoms with van der Waals surface area (Å²) < 4.78 is 0. The van der Waals surface area contributed by atoms with Crippen molar-refractivity contribution in [3.05, 3.63) is 82.4 Å². The van der Waals surface area contributed by atoms with E-state index in [1.807, 2.05) is 55.5 Å². The molecule has 3 aromatic rings. The maximum atomic E-state index is 11.9. The summed E-state index contributed by atoms with van der Waals surface area (Å²) in [7, 11) is 0. The minimum Gasteiger partial charge on any atom is -0.481 e. The molecule has 25 heavy (non-hydrogen) atoms. The summed E-state index contributed by atoms with van der Waals surface area (Å²) in [6.45, 7) is 1.88. The second kappa shape index (κ2) is 6.77. The predicted molar refractivity (Wildman–Crippen MR) is 96.2 cm³/mol. The third-order valence-corrected chi connectivity index (χ3v) is 4.45. The number of aryl methyl sites for hydroxylation is 1. The van der Waals surface area contributed by atoms with E-state index < -0.39 is 11.9 Å². The first-order chi connectivity index (χ1) is 12.0. The highest BCUT2D eigenvalue weighted by molar-refractivity contribution is 6.05. The average Bonchev–Trinajstić information content (AvgIpc) is 2.57. The molecule has 0 bridgehead atoms. The number of carbonyl (C=O) groups is 2. The highest BCUT2D eigenvalue weighted by atomic mass is 16.4. The van der Waals surface area contributed by atoms with Gasteiger partial charge in [0.05, 0.1) is 12.0 Å². The van der Waals surface area contributed by atoms with Gasteiger partial charge < -0.3 is 10.2 Å². The molecule has 0 amide bonds. The first-order valence-electron chi connectivity index (χ1n) is 8.00. The monoisotopic (exact) mass is 334 g/mol. The first kappa shape index (κ1) is 16.7. The van der Waals surface area contributed by atoms with E-state index >= 15 is 0 Å². The molecule has 0 fully saturated rings. The highest BCUT2D eigenvalue weighted by Crippen LogP contribution is 2.26. The molecule has 0 aliphatic carbocycles. The van der Waals surface area contributed by atoms with Crippen LogP contribution in [0.2, 0.25) is 0 Å². The van der Waals surface area contributed by atoms with E-state index in [1.54, 1.807) is 6.07 Å². The Balaban J connectivity index is 2.13. The molecule has 0 saturated heterocycles. The Morgan fingerprint density at radius 3 is 2.36 bits per heavy atom. The van der Waals surface area contributed by atoms with Gasteiger partial charge in [-0.1, -0.05) is 54.6 Å². The summed E-state index contributed by atoms with van der Waals surface area (Å²) in [6, 6.07) is 16.7. The molecule has 0 aliphatic rings. The van der Waals surface area contributed by atoms with E-state index in [9.17, 15) is 19.8 Å². The SMILES string of the molecule is Cc1cccc(Cc2ccc3ccccc3c2C(=O)O)c1CC(=O)O. The van der Waals surface area contributed by atoms with E-state index in [0.717, 1.165) is 22.1 Å². The topological polar surface area (TPSA) is 74.6 Å². The summed E-state index contributed by atoms with van der Waals surface area (Å²) in [5.74, 6) is -1.87. The molecule has 0 heterocycles. The van der Waals surface area contributed by atoms with Gasteiger partial charge >= 0.3 is 11.9 Å². The number of rotatable bonds is 5. The van der Waals surface area contributed by atoms with Crippen LogP contribution in [0.4, 0.5) is 0 Å². The van der Waals surface area contributed by atoms with Gasteiger partial charge in [0, 0.05) is 0 Å². The van der Waals surface area contributed by atoms with Gasteiger partial charge in [-0.05, 0) is 46.4 Å². The number of hydrogen-bond donors (Lipinski definition) is 2. The zero-order valence-electron chi connectivity index (χ0n) is 13.8. The Hall–Kier alpha value is -3.14. The molecular weight excluding hydrogens is 316 g/mol. The van der Waals surface area contributed by atoms with Crippen molar-refractivity contribution < 1.29 is 19.8 Å². The second-order valence-electron chi connectivity index (χ2n) is 6.09. The van der Waals surface area contributed by atoms with Gasteiger partial charge in [0.15, 0.2) is 0 Å². The maximum absolute atomic E-state index is 11.9. The number of carboxylic acids is 2. The summed E-state index contributed by atoms with van der Waals surface area (Å²) in [6.07, 6.45) is 0.314. The fraction of sp³-hybridized carbons (Fsp3) is 0.143. The molecule has 0 unspecified atom stereocenters. The van der Waals surface area contributed by atoms with Crippen molar-refractivity contribution in [1.82, 2.24) is 0 Å². The molecule has 126 valence electrons. The molecule has 0 aromatic heterocycles. The van der Waals surface area contributed by atoms with E-state index in [1.165, 1.54) is 0 Å². The molecule has 0 aliphatic heterocycles. The second-order valence-corrected chi connectivity index (χ2v) is 6.09. The lowest BCUT2D eigenvalue weighted by Crippen LogP contribution is -2.09. The van der Waals surface area contributed by atoms with Crippen LogP contribution in [0, 0.1) is 6.92 Å². The quantitative estimate of drug-likeness (QED) is 0.738. The smallest absolute Gasteiger partial charge is 0.336 e. The first-order valence-corrected chi connectivity index (χ1v) is 8.00. The summed E-state index contributed by atoms with van der Waals surface area (Å²) >= 11 is 0. The molecule has 0 saturated carbocycles. The molecule has 3 aromatic carbocycles. The summed E-state index contributed by atoms with van der Waals surface area (Å²) in [5.41, 5.74) is 3.46. The fourth-order valence-corrected chi connectivity index (χ4v) is 3.25. The zero-order valence-corrected chi connectivity index (χ0v) is 13.8. The zero-order chi connectivity index (χ0) is 18.0. The van der Waals surface area contributed by atoms with Crippen molar-refractivity contribution in [2.24, 2.45) is 0 Å². The highest BCUT2D eigenvalue weighted by Gasteiger charge is 2.17. The van der Waals surface area contributed by atoms with Crippen molar-refractivity contribution >= 4 is 22.7 Å². The van der Waals surface area contributed by atoms with Crippen molar-refractivity contribution in [2.45, 2.75) is 19.8 Å². The number of aliphatic carboxylic acids is 1. The number of carboxylic acid groups (broad SMARTS) is 2. The minimum atomic E-state index is -0.973. The van der Waals surface area contributed by atoms with Crippen molar-refractivity contribution in [2.75, 3.05) is 0 Å². The van der Waals surface area contributed by atoms with Crippen LogP contribution in [0.5, 0.6) is 0 Å². The number of hydrogen-bond acceptors (Lipinski definition) is 2. The number of aromatic carboxylic acids is 1. The summed E-state index contributed by atoms with van der Waals surface area (Å²) in [4.78, 5) is 23.0. The van der Waals surface area contributed by atoms with E-state index in [4.69, 9.17) is 0 Å². The minimum absolute atomic E-state index is 0.0714. The van der Waals surface area contributed by atoms with E-state index in [0.29, 0.717) is 17.4 Å². The van der Waals surface area contributed by atoms with Gasteiger partial charge in [-0.15, -0.1) is 0 Å². The Kier molecular flexibility index (Phi) is 4.52. The van der Waals surface area contributed by atoms with Gasteiger partial charge in [0.25, 0.3) is 0 Å². The molecule has 4 nitrogen and oxygen atoms in total. The van der Waals surface area contributed by atoms with Crippen molar-refractivity contribution in [1.29, 1.82) is 0 Å². The van der Waals surface area contributed by atoms with Gasteiger partial charge in [-0.25, -0.2) is 4.79 Å². The van der Waals surface area contributed by atoms with Gasteiger partial charge in [-0.2, -0.15) is 0 Å². The van der Waals surface area contributed by atoms with Crippen LogP contribution in [-0.2, 0) is 17.6 Å². The lowest BCUT2D eigenvalue weighted by molar-refractivity contribution is -0.136. The molecule has 4 heteroatoms. The predicted octanol–water partition coefficient (Wildman–Crippen LogP) is 4.06. The van der Waals surface area contributed by atoms with Gasteiger partial charge in [0.1, 0.15) is 0 Å². The maximum Gasteiger partial charge on any atom is 0.336 e. The number of benzene rings is 3. The van der Waals surface area contributed by atoms with E-state index in [2.05, 4.69) is 0 Å². The van der Waals surface area contributed by atoms with Crippen LogP contribution in [0.1, 0.15) is 32.6 Å². The number of fused-ring (bicyclic) bond motifs is 1. The Morgan fingerprint density at radius 1 is 0.880 bits per heavy atom. The van der Waals surface area contributed by atoms with Gasteiger partial charge in [0.2, 0.25) is 0 Å². The van der Waals surface area contributed by atoms with E-state index in [-0.39, 0.29) is 12.0 Å². The van der Waals surface area contributed by atoms with Crippen LogP contribution in [0.15, 0.2) is 54.6 Å². The Labute approximate surface area is 145 Å². The Morgan fingerprint density at radius 2 is 1.64 bits per heavy atom. The largest absolute Gasteiger partial charge is 0.481 e. The third kappa shape index (κ3) is 3.38. The van der Waals surface area contributed by atoms with Crippen molar-refractivity contribution in [3.63, 3.8) is 0 Å². The molecule has 0 atom stereocenters. The fourth-order valence-electron chi connectivity index (χ4n) is 3.25. The average molecular weight is 334 g/mol. The van der Waals surface area contributed by atoms with Crippen molar-refractivity contribution in [3.8, 4) is 0 Å².